The molecule has 5 heteroatoms. The van der Waals surface area contributed by atoms with Crippen molar-refractivity contribution in [1.82, 2.24) is 9.47 Å². The van der Waals surface area contributed by atoms with Crippen molar-refractivity contribution in [2.24, 2.45) is 0 Å². The molecule has 2 aromatic carbocycles. The number of hydrogen-bond donors (Lipinski definition) is 1. The number of aryl methyl sites for hydroxylation is 1. The smallest absolute Gasteiger partial charge is 0.258 e. The maximum absolute atomic E-state index is 13.5. The Labute approximate surface area is 183 Å². The number of ether oxygens (including phenoxy) is 1. The van der Waals surface area contributed by atoms with Crippen molar-refractivity contribution in [3.8, 4) is 0 Å². The fraction of sp³-hybridized carbons (Fsp3) is 0.346. The third-order valence-corrected chi connectivity index (χ3v) is 6.54. The van der Waals surface area contributed by atoms with E-state index in [9.17, 15) is 4.79 Å². The maximum Gasteiger partial charge on any atom is 0.258 e. The first-order valence-corrected chi connectivity index (χ1v) is 11.1. The van der Waals surface area contributed by atoms with Crippen molar-refractivity contribution in [1.29, 1.82) is 0 Å². The van der Waals surface area contributed by atoms with Crippen molar-refractivity contribution in [2.45, 2.75) is 52.0 Å². The molecule has 5 rings (SSSR count). The van der Waals surface area contributed by atoms with Crippen molar-refractivity contribution in [3.05, 3.63) is 88.7 Å². The minimum atomic E-state index is -0.216. The molecule has 0 bridgehead atoms. The third-order valence-electron chi connectivity index (χ3n) is 6.54. The fourth-order valence-electron chi connectivity index (χ4n) is 4.86. The van der Waals surface area contributed by atoms with Crippen molar-refractivity contribution in [2.75, 3.05) is 11.9 Å². The van der Waals surface area contributed by atoms with Crippen LogP contribution in [-0.2, 0) is 17.8 Å². The summed E-state index contributed by atoms with van der Waals surface area (Å²) in [6.45, 7) is 6.59. The van der Waals surface area contributed by atoms with Crippen LogP contribution < -0.4 is 5.32 Å². The van der Waals surface area contributed by atoms with Crippen LogP contribution in [0.25, 0.3) is 0 Å². The summed E-state index contributed by atoms with van der Waals surface area (Å²) >= 11 is 0. The summed E-state index contributed by atoms with van der Waals surface area (Å²) in [6, 6.07) is 20.2. The Balaban J connectivity index is 1.53. The van der Waals surface area contributed by atoms with E-state index in [1.807, 2.05) is 47.4 Å². The van der Waals surface area contributed by atoms with Gasteiger partial charge in [0.15, 0.2) is 0 Å². The average Bonchev–Trinajstić information content (AvgIpc) is 3.40. The molecule has 31 heavy (non-hydrogen) atoms. The molecule has 0 unspecified atom stereocenters. The lowest BCUT2D eigenvalue weighted by atomic mass is 10.0. The number of benzene rings is 2. The van der Waals surface area contributed by atoms with E-state index in [-0.39, 0.29) is 18.2 Å². The van der Waals surface area contributed by atoms with Crippen LogP contribution in [0.1, 0.15) is 51.9 Å². The monoisotopic (exact) mass is 415 g/mol. The van der Waals surface area contributed by atoms with Crippen molar-refractivity contribution < 1.29 is 9.53 Å². The molecule has 0 radical (unpaired) electrons. The van der Waals surface area contributed by atoms with E-state index >= 15 is 0 Å². The van der Waals surface area contributed by atoms with Gasteiger partial charge >= 0.3 is 0 Å². The molecule has 2 aliphatic heterocycles. The van der Waals surface area contributed by atoms with Gasteiger partial charge in [-0.15, -0.1) is 0 Å². The minimum Gasteiger partial charge on any atom is -0.376 e. The number of fused-ring (bicyclic) bond motifs is 1. The van der Waals surface area contributed by atoms with Gasteiger partial charge in [-0.1, -0.05) is 42.5 Å². The SMILES string of the molecule is Cc1cc([C@H]2Nc3ccccc3C(=O)N2Cc2ccccc2)c(C)n1C[C@@H]1CCCO1. The second-order valence-electron chi connectivity index (χ2n) is 8.58. The molecule has 3 aromatic rings. The Morgan fingerprint density at radius 3 is 2.61 bits per heavy atom. The number of aromatic nitrogens is 1. The first-order chi connectivity index (χ1) is 15.1. The molecule has 1 N–H and O–H groups in total. The van der Waals surface area contributed by atoms with Crippen LogP contribution in [-0.4, -0.2) is 28.1 Å². The molecule has 1 amide bonds. The third kappa shape index (κ3) is 3.74. The fourth-order valence-corrected chi connectivity index (χ4v) is 4.86. The van der Waals surface area contributed by atoms with Gasteiger partial charge in [-0.2, -0.15) is 0 Å². The highest BCUT2D eigenvalue weighted by atomic mass is 16.5. The average molecular weight is 416 g/mol. The van der Waals surface area contributed by atoms with E-state index in [2.05, 4.69) is 41.9 Å². The second kappa shape index (κ2) is 8.23. The lowest BCUT2D eigenvalue weighted by molar-refractivity contribution is 0.0665. The summed E-state index contributed by atoms with van der Waals surface area (Å²) in [5.41, 5.74) is 6.28. The zero-order chi connectivity index (χ0) is 21.4. The summed E-state index contributed by atoms with van der Waals surface area (Å²) < 4.78 is 8.23. The van der Waals surface area contributed by atoms with Gasteiger partial charge < -0.3 is 19.5 Å². The van der Waals surface area contributed by atoms with Gasteiger partial charge in [0, 0.05) is 42.3 Å². The zero-order valence-corrected chi connectivity index (χ0v) is 18.2. The van der Waals surface area contributed by atoms with E-state index in [0.29, 0.717) is 6.54 Å². The molecule has 0 spiro atoms. The molecule has 5 nitrogen and oxygen atoms in total. The van der Waals surface area contributed by atoms with Crippen LogP contribution in [0.4, 0.5) is 5.69 Å². The van der Waals surface area contributed by atoms with E-state index < -0.39 is 0 Å². The van der Waals surface area contributed by atoms with Gasteiger partial charge in [0.05, 0.1) is 11.7 Å². The highest BCUT2D eigenvalue weighted by molar-refractivity contribution is 6.01. The van der Waals surface area contributed by atoms with Crippen LogP contribution in [0.15, 0.2) is 60.7 Å². The Bertz CT molecular complexity index is 1080. The minimum absolute atomic E-state index is 0.0622. The topological polar surface area (TPSA) is 46.5 Å². The van der Waals surface area contributed by atoms with E-state index in [1.165, 1.54) is 11.4 Å². The Morgan fingerprint density at radius 1 is 1.06 bits per heavy atom. The molecule has 3 heterocycles. The number of hydrogen-bond acceptors (Lipinski definition) is 3. The van der Waals surface area contributed by atoms with E-state index in [4.69, 9.17) is 4.74 Å². The van der Waals surface area contributed by atoms with Gasteiger partial charge in [-0.05, 0) is 50.5 Å². The first-order valence-electron chi connectivity index (χ1n) is 11.1. The van der Waals surface area contributed by atoms with Crippen LogP contribution in [0.3, 0.4) is 0 Å². The van der Waals surface area contributed by atoms with E-state index in [0.717, 1.165) is 48.4 Å². The largest absolute Gasteiger partial charge is 0.376 e. The van der Waals surface area contributed by atoms with Gasteiger partial charge in [0.2, 0.25) is 0 Å². The van der Waals surface area contributed by atoms with Gasteiger partial charge in [0.25, 0.3) is 5.91 Å². The first kappa shape index (κ1) is 19.9. The summed E-state index contributed by atoms with van der Waals surface area (Å²) in [5.74, 6) is 0.0622. The number of carbonyl (C=O) groups excluding carboxylic acids is 1. The molecule has 1 saturated heterocycles. The molecule has 1 fully saturated rings. The molecule has 0 saturated carbocycles. The molecular formula is C26H29N3O2. The zero-order valence-electron chi connectivity index (χ0n) is 18.2. The predicted molar refractivity (Wildman–Crippen MR) is 122 cm³/mol. The Morgan fingerprint density at radius 2 is 1.84 bits per heavy atom. The molecule has 160 valence electrons. The number of anilines is 1. The summed E-state index contributed by atoms with van der Waals surface area (Å²) in [4.78, 5) is 15.5. The second-order valence-corrected chi connectivity index (χ2v) is 8.58. The highest BCUT2D eigenvalue weighted by Crippen LogP contribution is 2.36. The van der Waals surface area contributed by atoms with Gasteiger partial charge in [-0.25, -0.2) is 0 Å². The standard InChI is InChI=1S/C26H29N3O2/c1-18-15-23(19(2)28(18)17-21-11-8-14-31-21)25-27-24-13-7-6-12-22(24)26(30)29(25)16-20-9-4-3-5-10-20/h3-7,9-10,12-13,15,21,25,27H,8,11,14,16-17H2,1-2H3/t21-,25-/m0/s1. The molecule has 1 aromatic heterocycles. The number of nitrogens with zero attached hydrogens (tertiary/aromatic N) is 2. The number of para-hydroxylation sites is 1. The molecular weight excluding hydrogens is 386 g/mol. The number of amides is 1. The summed E-state index contributed by atoms with van der Waals surface area (Å²) in [7, 11) is 0. The summed E-state index contributed by atoms with van der Waals surface area (Å²) in [6.07, 6.45) is 2.31. The van der Waals surface area contributed by atoms with Crippen LogP contribution >= 0.6 is 0 Å². The summed E-state index contributed by atoms with van der Waals surface area (Å²) in [5, 5.41) is 3.65. The van der Waals surface area contributed by atoms with Crippen LogP contribution in [0.5, 0.6) is 0 Å². The number of nitrogens with one attached hydrogen (secondary N) is 1. The number of rotatable bonds is 5. The van der Waals surface area contributed by atoms with E-state index in [1.54, 1.807) is 0 Å². The van der Waals surface area contributed by atoms with Crippen molar-refractivity contribution in [3.63, 3.8) is 0 Å². The Kier molecular flexibility index (Phi) is 5.28. The quantitative estimate of drug-likeness (QED) is 0.634. The molecule has 2 aliphatic rings. The molecule has 0 aliphatic carbocycles. The van der Waals surface area contributed by atoms with Crippen LogP contribution in [0, 0.1) is 13.8 Å². The van der Waals surface area contributed by atoms with Crippen LogP contribution in [0.2, 0.25) is 0 Å². The van der Waals surface area contributed by atoms with Gasteiger partial charge in [0.1, 0.15) is 6.17 Å². The normalized spacial score (nSPS) is 20.6. The predicted octanol–water partition coefficient (Wildman–Crippen LogP) is 5.05. The number of carbonyl (C=O) groups is 1. The lowest BCUT2D eigenvalue weighted by Gasteiger charge is -2.38. The maximum atomic E-state index is 13.5. The van der Waals surface area contributed by atoms with Crippen molar-refractivity contribution >= 4 is 11.6 Å². The van der Waals surface area contributed by atoms with Gasteiger partial charge in [-0.3, -0.25) is 4.79 Å². The molecule has 2 atom stereocenters. The lowest BCUT2D eigenvalue weighted by Crippen LogP contribution is -2.42. The Hall–Kier alpha value is -3.05. The highest BCUT2D eigenvalue weighted by Gasteiger charge is 2.35.